The zero-order chi connectivity index (χ0) is 19.5. The molecule has 0 radical (unpaired) electrons. The Balaban J connectivity index is 1.61. The first kappa shape index (κ1) is 18.5. The summed E-state index contributed by atoms with van der Waals surface area (Å²) >= 11 is 0. The highest BCUT2D eigenvalue weighted by molar-refractivity contribution is 5.73. The Morgan fingerprint density at radius 2 is 1.71 bits per heavy atom. The highest BCUT2D eigenvalue weighted by Gasteiger charge is 2.22. The molecular formula is C22H23FN4O. The molecule has 1 aliphatic rings. The maximum absolute atomic E-state index is 14.8. The third-order valence-electron chi connectivity index (χ3n) is 5.14. The molecule has 28 heavy (non-hydrogen) atoms. The molecule has 0 unspecified atom stereocenters. The molecule has 0 aliphatic heterocycles. The monoisotopic (exact) mass is 378 g/mol. The van der Waals surface area contributed by atoms with Gasteiger partial charge in [-0.05, 0) is 56.4 Å². The van der Waals surface area contributed by atoms with Gasteiger partial charge in [-0.3, -0.25) is 0 Å². The number of benzene rings is 1. The van der Waals surface area contributed by atoms with Crippen LogP contribution in [0.4, 0.5) is 4.39 Å². The fourth-order valence-electron chi connectivity index (χ4n) is 3.52. The van der Waals surface area contributed by atoms with Crippen LogP contribution in [0, 0.1) is 12.7 Å². The van der Waals surface area contributed by atoms with E-state index in [2.05, 4.69) is 15.0 Å². The number of ether oxygens (including phenoxy) is 1. The summed E-state index contributed by atoms with van der Waals surface area (Å²) in [6.45, 7) is 1.80. The van der Waals surface area contributed by atoms with Gasteiger partial charge in [0.1, 0.15) is 17.7 Å². The second kappa shape index (κ2) is 8.02. The van der Waals surface area contributed by atoms with Crippen LogP contribution in [-0.2, 0) is 0 Å². The predicted octanol–water partition coefficient (Wildman–Crippen LogP) is 4.30. The van der Waals surface area contributed by atoms with Gasteiger partial charge in [0.05, 0.1) is 0 Å². The molecule has 1 aliphatic carbocycles. The fraction of sp³-hybridized carbons (Fsp3) is 0.318. The Morgan fingerprint density at radius 3 is 2.43 bits per heavy atom. The number of halogens is 1. The Hall–Kier alpha value is -2.86. The average Bonchev–Trinajstić information content (AvgIpc) is 2.71. The quantitative estimate of drug-likeness (QED) is 0.733. The number of hydrogen-bond acceptors (Lipinski definition) is 5. The van der Waals surface area contributed by atoms with E-state index in [1.807, 2.05) is 18.2 Å². The van der Waals surface area contributed by atoms with Gasteiger partial charge >= 0.3 is 0 Å². The Bertz CT molecular complexity index is 953. The molecule has 2 N–H and O–H groups in total. The Labute approximate surface area is 163 Å². The summed E-state index contributed by atoms with van der Waals surface area (Å²) in [7, 11) is 0. The second-order valence-electron chi connectivity index (χ2n) is 7.22. The standard InChI is InChI=1S/C22H23FN4O/c1-14-26-12-16(13-27-14)19-9-4-15(11-21(19)23)20-3-2-10-25-22(20)28-18-7-5-17(24)6-8-18/h2-4,9-13,17-18H,5-8,24H2,1H3/t17-,18-. The van der Waals surface area contributed by atoms with E-state index in [1.54, 1.807) is 31.6 Å². The summed E-state index contributed by atoms with van der Waals surface area (Å²) in [4.78, 5) is 12.7. The molecule has 2 heterocycles. The summed E-state index contributed by atoms with van der Waals surface area (Å²) < 4.78 is 21.0. The number of nitrogens with zero attached hydrogens (tertiary/aromatic N) is 3. The number of aromatic nitrogens is 3. The van der Waals surface area contributed by atoms with E-state index in [9.17, 15) is 4.39 Å². The molecular weight excluding hydrogens is 355 g/mol. The van der Waals surface area contributed by atoms with E-state index in [-0.39, 0.29) is 18.0 Å². The molecule has 0 amide bonds. The van der Waals surface area contributed by atoms with Gasteiger partial charge < -0.3 is 10.5 Å². The largest absolute Gasteiger partial charge is 0.474 e. The molecule has 5 nitrogen and oxygen atoms in total. The zero-order valence-corrected chi connectivity index (χ0v) is 15.8. The lowest BCUT2D eigenvalue weighted by Crippen LogP contribution is -2.31. The molecule has 3 aromatic rings. The topological polar surface area (TPSA) is 73.9 Å². The van der Waals surface area contributed by atoms with Crippen molar-refractivity contribution in [2.75, 3.05) is 0 Å². The van der Waals surface area contributed by atoms with Crippen LogP contribution in [0.1, 0.15) is 31.5 Å². The summed E-state index contributed by atoms with van der Waals surface area (Å²) in [5.74, 6) is 0.860. The smallest absolute Gasteiger partial charge is 0.221 e. The van der Waals surface area contributed by atoms with Gasteiger partial charge in [-0.25, -0.2) is 19.3 Å². The van der Waals surface area contributed by atoms with Crippen LogP contribution in [0.15, 0.2) is 48.9 Å². The van der Waals surface area contributed by atoms with Crippen molar-refractivity contribution in [3.05, 3.63) is 60.6 Å². The molecule has 0 bridgehead atoms. The van der Waals surface area contributed by atoms with Crippen LogP contribution in [0.5, 0.6) is 5.88 Å². The van der Waals surface area contributed by atoms with Crippen molar-refractivity contribution in [2.45, 2.75) is 44.8 Å². The van der Waals surface area contributed by atoms with Gasteiger partial charge in [0.15, 0.2) is 0 Å². The molecule has 1 fully saturated rings. The number of pyridine rings is 1. The van der Waals surface area contributed by atoms with Crippen molar-refractivity contribution in [1.82, 2.24) is 15.0 Å². The molecule has 0 saturated heterocycles. The lowest BCUT2D eigenvalue weighted by Gasteiger charge is -2.27. The van der Waals surface area contributed by atoms with Crippen molar-refractivity contribution in [2.24, 2.45) is 5.73 Å². The van der Waals surface area contributed by atoms with Gasteiger partial charge in [0.2, 0.25) is 5.88 Å². The molecule has 2 aromatic heterocycles. The first-order chi connectivity index (χ1) is 13.6. The SMILES string of the molecule is Cc1ncc(-c2ccc(-c3cccnc3O[C@H]3CC[C@H](N)CC3)cc2F)cn1. The molecule has 0 spiro atoms. The molecule has 1 saturated carbocycles. The lowest BCUT2D eigenvalue weighted by atomic mass is 9.93. The van der Waals surface area contributed by atoms with Gasteiger partial charge in [-0.2, -0.15) is 0 Å². The Morgan fingerprint density at radius 1 is 0.964 bits per heavy atom. The molecule has 4 rings (SSSR count). The van der Waals surface area contributed by atoms with Crippen LogP contribution < -0.4 is 10.5 Å². The van der Waals surface area contributed by atoms with Gasteiger partial charge in [0.25, 0.3) is 0 Å². The van der Waals surface area contributed by atoms with Crippen molar-refractivity contribution < 1.29 is 9.13 Å². The predicted molar refractivity (Wildman–Crippen MR) is 106 cm³/mol. The van der Waals surface area contributed by atoms with E-state index in [0.717, 1.165) is 36.8 Å². The van der Waals surface area contributed by atoms with Crippen LogP contribution in [0.3, 0.4) is 0 Å². The minimum Gasteiger partial charge on any atom is -0.474 e. The van der Waals surface area contributed by atoms with Crippen molar-refractivity contribution >= 4 is 0 Å². The van der Waals surface area contributed by atoms with Gasteiger partial charge in [-0.1, -0.05) is 12.1 Å². The minimum atomic E-state index is -0.330. The minimum absolute atomic E-state index is 0.0993. The fourth-order valence-corrected chi connectivity index (χ4v) is 3.52. The van der Waals surface area contributed by atoms with E-state index in [4.69, 9.17) is 10.5 Å². The van der Waals surface area contributed by atoms with E-state index < -0.39 is 0 Å². The molecule has 1 aromatic carbocycles. The van der Waals surface area contributed by atoms with Crippen LogP contribution in [0.25, 0.3) is 22.3 Å². The molecule has 144 valence electrons. The first-order valence-corrected chi connectivity index (χ1v) is 9.56. The summed E-state index contributed by atoms with van der Waals surface area (Å²) in [5.41, 5.74) is 8.60. The maximum atomic E-state index is 14.8. The van der Waals surface area contributed by atoms with E-state index in [0.29, 0.717) is 22.8 Å². The van der Waals surface area contributed by atoms with E-state index in [1.165, 1.54) is 6.07 Å². The molecule has 6 heteroatoms. The number of hydrogen-bond donors (Lipinski definition) is 1. The third kappa shape index (κ3) is 4.02. The van der Waals surface area contributed by atoms with Crippen LogP contribution in [0.2, 0.25) is 0 Å². The Kier molecular flexibility index (Phi) is 5.30. The lowest BCUT2D eigenvalue weighted by molar-refractivity contribution is 0.142. The molecule has 0 atom stereocenters. The summed E-state index contributed by atoms with van der Waals surface area (Å²) in [6, 6.07) is 9.12. The van der Waals surface area contributed by atoms with Crippen molar-refractivity contribution in [3.63, 3.8) is 0 Å². The normalized spacial score (nSPS) is 19.4. The van der Waals surface area contributed by atoms with Crippen molar-refractivity contribution in [3.8, 4) is 28.1 Å². The van der Waals surface area contributed by atoms with E-state index >= 15 is 0 Å². The summed E-state index contributed by atoms with van der Waals surface area (Å²) in [6.07, 6.45) is 8.79. The van der Waals surface area contributed by atoms with Gasteiger partial charge in [0, 0.05) is 41.3 Å². The number of aryl methyl sites for hydroxylation is 1. The maximum Gasteiger partial charge on any atom is 0.221 e. The number of nitrogens with two attached hydrogens (primary N) is 1. The highest BCUT2D eigenvalue weighted by Crippen LogP contribution is 2.33. The average molecular weight is 378 g/mol. The summed E-state index contributed by atoms with van der Waals surface area (Å²) in [5, 5.41) is 0. The first-order valence-electron chi connectivity index (χ1n) is 9.56. The highest BCUT2D eigenvalue weighted by atomic mass is 19.1. The second-order valence-corrected chi connectivity index (χ2v) is 7.22. The number of rotatable bonds is 4. The van der Waals surface area contributed by atoms with Crippen LogP contribution in [-0.4, -0.2) is 27.1 Å². The third-order valence-corrected chi connectivity index (χ3v) is 5.14. The van der Waals surface area contributed by atoms with Crippen molar-refractivity contribution in [1.29, 1.82) is 0 Å². The van der Waals surface area contributed by atoms with Gasteiger partial charge in [-0.15, -0.1) is 0 Å². The van der Waals surface area contributed by atoms with Crippen LogP contribution >= 0.6 is 0 Å². The zero-order valence-electron chi connectivity index (χ0n) is 15.8.